The van der Waals surface area contributed by atoms with Crippen molar-refractivity contribution in [1.82, 2.24) is 0 Å². The number of nitrogen functional groups attached to an aromatic ring is 2. The molecule has 2 rings (SSSR count). The van der Waals surface area contributed by atoms with E-state index in [9.17, 15) is 14.4 Å². The lowest BCUT2D eigenvalue weighted by Gasteiger charge is -2.19. The van der Waals surface area contributed by atoms with Crippen molar-refractivity contribution >= 4 is 22.7 Å². The number of aliphatic hydroxyl groups excluding tert-OH is 2. The summed E-state index contributed by atoms with van der Waals surface area (Å²) in [6.07, 6.45) is 0. The van der Waals surface area contributed by atoms with Crippen LogP contribution in [-0.2, 0) is 19.7 Å². The Balaban J connectivity index is 1.91. The van der Waals surface area contributed by atoms with Gasteiger partial charge in [0.15, 0.2) is 0 Å². The molecule has 0 heterocycles. The highest BCUT2D eigenvalue weighted by Gasteiger charge is 2.18. The molecule has 0 radical (unpaired) electrons. The Morgan fingerprint density at radius 2 is 1.25 bits per heavy atom. The average molecular weight is 409 g/mol. The first kappa shape index (κ1) is 22.3. The SMILES string of the molecule is Cc1cc(N)ccc1C(CO)COS(=O)OCC(CO)c1ccc(N)cc1C. The van der Waals surface area contributed by atoms with Gasteiger partial charge in [-0.25, -0.2) is 0 Å². The lowest BCUT2D eigenvalue weighted by atomic mass is 9.96. The van der Waals surface area contributed by atoms with E-state index >= 15 is 0 Å². The first-order valence-corrected chi connectivity index (χ1v) is 9.97. The second-order valence-electron chi connectivity index (χ2n) is 6.76. The molecule has 0 bridgehead atoms. The zero-order chi connectivity index (χ0) is 20.7. The van der Waals surface area contributed by atoms with Gasteiger partial charge in [0, 0.05) is 23.2 Å². The maximum atomic E-state index is 12.1. The van der Waals surface area contributed by atoms with E-state index in [2.05, 4.69) is 0 Å². The van der Waals surface area contributed by atoms with E-state index < -0.39 is 11.4 Å². The van der Waals surface area contributed by atoms with Gasteiger partial charge in [-0.1, -0.05) is 12.1 Å². The van der Waals surface area contributed by atoms with E-state index in [-0.39, 0.29) is 38.3 Å². The summed E-state index contributed by atoms with van der Waals surface area (Å²) in [7, 11) is 0. The molecule has 6 N–H and O–H groups in total. The molecule has 0 aliphatic heterocycles. The molecule has 154 valence electrons. The first-order chi connectivity index (χ1) is 13.3. The van der Waals surface area contributed by atoms with E-state index in [1.807, 2.05) is 38.1 Å². The van der Waals surface area contributed by atoms with Gasteiger partial charge in [0.05, 0.1) is 26.4 Å². The molecule has 0 spiro atoms. The summed E-state index contributed by atoms with van der Waals surface area (Å²) in [6, 6.07) is 10.8. The highest BCUT2D eigenvalue weighted by atomic mass is 32.2. The summed E-state index contributed by atoms with van der Waals surface area (Å²) in [5, 5.41) is 19.3. The minimum absolute atomic E-state index is 0.0263. The topological polar surface area (TPSA) is 128 Å². The Hall–Kier alpha value is -1.97. The molecule has 2 aromatic rings. The Morgan fingerprint density at radius 3 is 1.57 bits per heavy atom. The molecule has 0 aliphatic carbocycles. The highest BCUT2D eigenvalue weighted by Crippen LogP contribution is 2.24. The van der Waals surface area contributed by atoms with Gasteiger partial charge in [0.2, 0.25) is 0 Å². The number of aliphatic hydroxyl groups is 2. The van der Waals surface area contributed by atoms with Crippen LogP contribution in [-0.4, -0.2) is 40.8 Å². The van der Waals surface area contributed by atoms with E-state index in [0.29, 0.717) is 11.4 Å². The Bertz CT molecular complexity index is 750. The summed E-state index contributed by atoms with van der Waals surface area (Å²) in [4.78, 5) is 0. The van der Waals surface area contributed by atoms with Crippen molar-refractivity contribution < 1.29 is 22.8 Å². The van der Waals surface area contributed by atoms with Crippen LogP contribution in [0.25, 0.3) is 0 Å². The quantitative estimate of drug-likeness (QED) is 0.442. The number of hydrogen-bond acceptors (Lipinski definition) is 7. The normalized spacial score (nSPS) is 14.6. The van der Waals surface area contributed by atoms with Crippen molar-refractivity contribution in [3.63, 3.8) is 0 Å². The molecule has 0 amide bonds. The van der Waals surface area contributed by atoms with Crippen molar-refractivity contribution in [1.29, 1.82) is 0 Å². The van der Waals surface area contributed by atoms with Crippen molar-refractivity contribution in [3.05, 3.63) is 58.7 Å². The molecule has 0 saturated heterocycles. The fraction of sp³-hybridized carbons (Fsp3) is 0.400. The largest absolute Gasteiger partial charge is 0.399 e. The molecule has 28 heavy (non-hydrogen) atoms. The third-order valence-corrected chi connectivity index (χ3v) is 5.30. The minimum Gasteiger partial charge on any atom is -0.399 e. The van der Waals surface area contributed by atoms with Crippen LogP contribution in [0.3, 0.4) is 0 Å². The zero-order valence-electron chi connectivity index (χ0n) is 16.1. The van der Waals surface area contributed by atoms with Crippen LogP contribution in [0.2, 0.25) is 0 Å². The minimum atomic E-state index is -2.01. The number of hydrogen-bond donors (Lipinski definition) is 4. The third-order valence-electron chi connectivity index (χ3n) is 4.64. The Morgan fingerprint density at radius 1 is 0.857 bits per heavy atom. The molecule has 0 saturated carbocycles. The lowest BCUT2D eigenvalue weighted by molar-refractivity contribution is 0.174. The lowest BCUT2D eigenvalue weighted by Crippen LogP contribution is -2.18. The predicted octanol–water partition coefficient (Wildman–Crippen LogP) is 1.93. The number of nitrogens with two attached hydrogens (primary N) is 2. The summed E-state index contributed by atoms with van der Waals surface area (Å²) in [5.74, 6) is -0.692. The van der Waals surface area contributed by atoms with Gasteiger partial charge in [-0.15, -0.1) is 0 Å². The van der Waals surface area contributed by atoms with Crippen LogP contribution in [0.5, 0.6) is 0 Å². The molecule has 0 aliphatic rings. The monoisotopic (exact) mass is 408 g/mol. The van der Waals surface area contributed by atoms with Gasteiger partial charge in [0.1, 0.15) is 0 Å². The summed E-state index contributed by atoms with van der Waals surface area (Å²) >= 11 is -2.01. The number of benzene rings is 2. The van der Waals surface area contributed by atoms with Crippen LogP contribution in [0, 0.1) is 13.8 Å². The first-order valence-electron chi connectivity index (χ1n) is 8.97. The molecule has 0 aromatic heterocycles. The predicted molar refractivity (Wildman–Crippen MR) is 111 cm³/mol. The van der Waals surface area contributed by atoms with Gasteiger partial charge < -0.3 is 21.7 Å². The number of rotatable bonds is 10. The summed E-state index contributed by atoms with van der Waals surface area (Å²) < 4.78 is 22.6. The van der Waals surface area contributed by atoms with Crippen LogP contribution in [0.15, 0.2) is 36.4 Å². The molecule has 8 heteroatoms. The van der Waals surface area contributed by atoms with Crippen LogP contribution in [0.1, 0.15) is 34.1 Å². The van der Waals surface area contributed by atoms with Crippen molar-refractivity contribution in [2.75, 3.05) is 37.9 Å². The van der Waals surface area contributed by atoms with Crippen LogP contribution < -0.4 is 11.5 Å². The van der Waals surface area contributed by atoms with E-state index in [1.165, 1.54) is 0 Å². The van der Waals surface area contributed by atoms with Crippen molar-refractivity contribution in [2.45, 2.75) is 25.7 Å². The maximum Gasteiger partial charge on any atom is 0.304 e. The molecular weight excluding hydrogens is 380 g/mol. The molecule has 2 unspecified atom stereocenters. The standard InChI is InChI=1S/C20H28N2O5S/c1-13-7-17(21)3-5-19(13)15(9-23)11-26-28(25)27-12-16(10-24)20-6-4-18(22)8-14(20)2/h3-8,15-16,23-24H,9-12,21-22H2,1-2H3. The molecule has 2 atom stereocenters. The van der Waals surface area contributed by atoms with Crippen molar-refractivity contribution in [3.8, 4) is 0 Å². The highest BCUT2D eigenvalue weighted by molar-refractivity contribution is 7.75. The molecule has 0 fully saturated rings. The Labute approximate surface area is 168 Å². The fourth-order valence-electron chi connectivity index (χ4n) is 3.10. The maximum absolute atomic E-state index is 12.1. The molecule has 7 nitrogen and oxygen atoms in total. The van der Waals surface area contributed by atoms with Gasteiger partial charge in [0.25, 0.3) is 0 Å². The zero-order valence-corrected chi connectivity index (χ0v) is 16.9. The van der Waals surface area contributed by atoms with E-state index in [1.54, 1.807) is 12.1 Å². The van der Waals surface area contributed by atoms with Gasteiger partial charge in [-0.3, -0.25) is 8.37 Å². The second kappa shape index (κ2) is 10.5. The van der Waals surface area contributed by atoms with Gasteiger partial charge in [-0.2, -0.15) is 4.21 Å². The summed E-state index contributed by atoms with van der Waals surface area (Å²) in [6.45, 7) is 3.51. The van der Waals surface area contributed by atoms with E-state index in [0.717, 1.165) is 22.3 Å². The fourth-order valence-corrected chi connectivity index (χ4v) is 3.72. The van der Waals surface area contributed by atoms with Gasteiger partial charge in [-0.05, 0) is 60.4 Å². The van der Waals surface area contributed by atoms with Crippen molar-refractivity contribution in [2.24, 2.45) is 0 Å². The molecule has 2 aromatic carbocycles. The average Bonchev–Trinajstić information content (AvgIpc) is 2.65. The number of anilines is 2. The van der Waals surface area contributed by atoms with Crippen LogP contribution >= 0.6 is 0 Å². The Kier molecular flexibility index (Phi) is 8.40. The third kappa shape index (κ3) is 6.02. The summed E-state index contributed by atoms with van der Waals surface area (Å²) in [5.41, 5.74) is 16.4. The van der Waals surface area contributed by atoms with E-state index in [4.69, 9.17) is 19.8 Å². The van der Waals surface area contributed by atoms with Gasteiger partial charge >= 0.3 is 11.4 Å². The molecular formula is C20H28N2O5S. The smallest absolute Gasteiger partial charge is 0.304 e. The second-order valence-corrected chi connectivity index (χ2v) is 7.64. The number of aryl methyl sites for hydroxylation is 2. The van der Waals surface area contributed by atoms with Crippen LogP contribution in [0.4, 0.5) is 11.4 Å².